The van der Waals surface area contributed by atoms with Crippen molar-refractivity contribution in [2.45, 2.75) is 24.7 Å². The standard InChI is InChI=1S/C22H23NO2S/c1-17-11-13-20(14-12-17)26(24,25)23-15-19-9-5-6-10-21(22(19)16-23)18-7-3-2-4-8-18/h2-5,7-9,11-14,19H,6,10,15-16H2,1H3. The minimum atomic E-state index is -3.47. The molecule has 1 aliphatic heterocycles. The first-order valence-corrected chi connectivity index (χ1v) is 10.5. The number of nitrogens with zero attached hydrogens (tertiary/aromatic N) is 1. The van der Waals surface area contributed by atoms with Crippen LogP contribution in [-0.2, 0) is 10.0 Å². The summed E-state index contributed by atoms with van der Waals surface area (Å²) >= 11 is 0. The van der Waals surface area contributed by atoms with Gasteiger partial charge in [-0.3, -0.25) is 0 Å². The fourth-order valence-corrected chi connectivity index (χ4v) is 5.30. The Morgan fingerprint density at radius 2 is 1.73 bits per heavy atom. The number of aryl methyl sites for hydroxylation is 1. The summed E-state index contributed by atoms with van der Waals surface area (Å²) in [4.78, 5) is 0.380. The van der Waals surface area contributed by atoms with Crippen molar-refractivity contribution in [3.8, 4) is 0 Å². The van der Waals surface area contributed by atoms with Gasteiger partial charge in [0.2, 0.25) is 10.0 Å². The number of benzene rings is 2. The van der Waals surface area contributed by atoms with Gasteiger partial charge in [0.15, 0.2) is 0 Å². The van der Waals surface area contributed by atoms with Crippen molar-refractivity contribution in [2.75, 3.05) is 13.1 Å². The quantitative estimate of drug-likeness (QED) is 0.755. The molecule has 4 rings (SSSR count). The van der Waals surface area contributed by atoms with E-state index in [9.17, 15) is 8.42 Å². The van der Waals surface area contributed by atoms with Crippen LogP contribution in [0.15, 0.2) is 77.2 Å². The zero-order valence-corrected chi connectivity index (χ0v) is 15.7. The van der Waals surface area contributed by atoms with Gasteiger partial charge in [-0.25, -0.2) is 8.42 Å². The highest BCUT2D eigenvalue weighted by Crippen LogP contribution is 2.38. The molecular weight excluding hydrogens is 342 g/mol. The first-order chi connectivity index (χ1) is 12.6. The van der Waals surface area contributed by atoms with E-state index in [1.54, 1.807) is 16.4 Å². The summed E-state index contributed by atoms with van der Waals surface area (Å²) in [5.74, 6) is 0.174. The smallest absolute Gasteiger partial charge is 0.207 e. The topological polar surface area (TPSA) is 37.4 Å². The Morgan fingerprint density at radius 1 is 1.00 bits per heavy atom. The Morgan fingerprint density at radius 3 is 2.46 bits per heavy atom. The number of fused-ring (bicyclic) bond motifs is 1. The molecule has 1 fully saturated rings. The maximum atomic E-state index is 13.1. The molecule has 1 unspecified atom stereocenters. The van der Waals surface area contributed by atoms with Crippen LogP contribution in [0.5, 0.6) is 0 Å². The van der Waals surface area contributed by atoms with Crippen molar-refractivity contribution in [1.82, 2.24) is 4.31 Å². The lowest BCUT2D eigenvalue weighted by Crippen LogP contribution is -2.28. The SMILES string of the molecule is Cc1ccc(S(=O)(=O)N2CC3=C(c4ccccc4)CCC=CC3C2)cc1. The van der Waals surface area contributed by atoms with Crippen molar-refractivity contribution in [2.24, 2.45) is 5.92 Å². The van der Waals surface area contributed by atoms with Crippen molar-refractivity contribution >= 4 is 15.6 Å². The van der Waals surface area contributed by atoms with Crippen LogP contribution >= 0.6 is 0 Å². The summed E-state index contributed by atoms with van der Waals surface area (Å²) in [6.07, 6.45) is 6.36. The highest BCUT2D eigenvalue weighted by Gasteiger charge is 2.36. The van der Waals surface area contributed by atoms with Gasteiger partial charge in [0.05, 0.1) is 4.90 Å². The van der Waals surface area contributed by atoms with Crippen LogP contribution in [0.25, 0.3) is 5.57 Å². The first-order valence-electron chi connectivity index (χ1n) is 9.06. The predicted molar refractivity (Wildman–Crippen MR) is 105 cm³/mol. The van der Waals surface area contributed by atoms with E-state index in [-0.39, 0.29) is 5.92 Å². The molecule has 2 aromatic carbocycles. The Labute approximate surface area is 155 Å². The van der Waals surface area contributed by atoms with Crippen LogP contribution in [0.2, 0.25) is 0 Å². The Kier molecular flexibility index (Phi) is 4.55. The predicted octanol–water partition coefficient (Wildman–Crippen LogP) is 4.42. The van der Waals surface area contributed by atoms with Crippen LogP contribution < -0.4 is 0 Å². The Hall–Kier alpha value is -2.17. The molecule has 0 aromatic heterocycles. The van der Waals surface area contributed by atoms with Crippen molar-refractivity contribution < 1.29 is 8.42 Å². The molecule has 0 radical (unpaired) electrons. The second-order valence-corrected chi connectivity index (χ2v) is 8.99. The van der Waals surface area contributed by atoms with Crippen LogP contribution in [0, 0.1) is 12.8 Å². The third-order valence-electron chi connectivity index (χ3n) is 5.29. The van der Waals surface area contributed by atoms with Crippen molar-refractivity contribution in [3.63, 3.8) is 0 Å². The third kappa shape index (κ3) is 3.15. The van der Waals surface area contributed by atoms with Gasteiger partial charge in [0, 0.05) is 19.0 Å². The summed E-state index contributed by atoms with van der Waals surface area (Å²) in [6, 6.07) is 17.5. The van der Waals surface area contributed by atoms with E-state index < -0.39 is 10.0 Å². The Bertz CT molecular complexity index is 957. The molecule has 4 heteroatoms. The fourth-order valence-electron chi connectivity index (χ4n) is 3.86. The van der Waals surface area contributed by atoms with Crippen LogP contribution in [0.1, 0.15) is 24.0 Å². The lowest BCUT2D eigenvalue weighted by Gasteiger charge is -2.16. The van der Waals surface area contributed by atoms with E-state index in [1.807, 2.05) is 37.3 Å². The van der Waals surface area contributed by atoms with Gasteiger partial charge in [-0.1, -0.05) is 60.2 Å². The van der Waals surface area contributed by atoms with Gasteiger partial charge in [0.1, 0.15) is 0 Å². The second-order valence-electron chi connectivity index (χ2n) is 7.05. The average molecular weight is 365 g/mol. The summed E-state index contributed by atoms with van der Waals surface area (Å²) in [6.45, 7) is 2.97. The van der Waals surface area contributed by atoms with E-state index in [2.05, 4.69) is 24.3 Å². The van der Waals surface area contributed by atoms with Crippen LogP contribution in [0.4, 0.5) is 0 Å². The van der Waals surface area contributed by atoms with E-state index in [0.717, 1.165) is 18.4 Å². The highest BCUT2D eigenvalue weighted by atomic mass is 32.2. The minimum absolute atomic E-state index is 0.174. The summed E-state index contributed by atoms with van der Waals surface area (Å²) in [7, 11) is -3.47. The van der Waals surface area contributed by atoms with E-state index in [1.165, 1.54) is 16.7 Å². The molecule has 0 N–H and O–H groups in total. The lowest BCUT2D eigenvalue weighted by atomic mass is 9.92. The monoisotopic (exact) mass is 365 g/mol. The molecule has 1 atom stereocenters. The van der Waals surface area contributed by atoms with E-state index >= 15 is 0 Å². The van der Waals surface area contributed by atoms with E-state index in [0.29, 0.717) is 18.0 Å². The van der Waals surface area contributed by atoms with Crippen LogP contribution in [-0.4, -0.2) is 25.8 Å². The Balaban J connectivity index is 1.71. The van der Waals surface area contributed by atoms with Crippen LogP contribution in [0.3, 0.4) is 0 Å². The average Bonchev–Trinajstić information content (AvgIpc) is 2.98. The van der Waals surface area contributed by atoms with Gasteiger partial charge in [-0.2, -0.15) is 4.31 Å². The number of allylic oxidation sites excluding steroid dienone is 2. The maximum Gasteiger partial charge on any atom is 0.243 e. The van der Waals surface area contributed by atoms with Gasteiger partial charge in [-0.15, -0.1) is 0 Å². The number of hydrogen-bond acceptors (Lipinski definition) is 2. The van der Waals surface area contributed by atoms with Crippen molar-refractivity contribution in [1.29, 1.82) is 0 Å². The second kappa shape index (κ2) is 6.86. The first kappa shape index (κ1) is 17.3. The molecule has 1 aliphatic carbocycles. The lowest BCUT2D eigenvalue weighted by molar-refractivity contribution is 0.471. The molecule has 0 saturated carbocycles. The van der Waals surface area contributed by atoms with Crippen molar-refractivity contribution in [3.05, 3.63) is 83.4 Å². The molecule has 0 amide bonds. The van der Waals surface area contributed by atoms with Gasteiger partial charge < -0.3 is 0 Å². The molecule has 0 spiro atoms. The molecule has 134 valence electrons. The zero-order chi connectivity index (χ0) is 18.1. The minimum Gasteiger partial charge on any atom is -0.207 e. The fraction of sp³-hybridized carbons (Fsp3) is 0.273. The summed E-state index contributed by atoms with van der Waals surface area (Å²) in [5, 5.41) is 0. The largest absolute Gasteiger partial charge is 0.243 e. The summed E-state index contributed by atoms with van der Waals surface area (Å²) in [5.41, 5.74) is 4.83. The number of rotatable bonds is 3. The number of hydrogen-bond donors (Lipinski definition) is 0. The van der Waals surface area contributed by atoms with Gasteiger partial charge in [-0.05, 0) is 48.6 Å². The zero-order valence-electron chi connectivity index (χ0n) is 14.9. The molecule has 1 saturated heterocycles. The van der Waals surface area contributed by atoms with Gasteiger partial charge in [0.25, 0.3) is 0 Å². The summed E-state index contributed by atoms with van der Waals surface area (Å²) < 4.78 is 27.8. The van der Waals surface area contributed by atoms with Gasteiger partial charge >= 0.3 is 0 Å². The molecule has 2 aliphatic rings. The highest BCUT2D eigenvalue weighted by molar-refractivity contribution is 7.89. The van der Waals surface area contributed by atoms with E-state index in [4.69, 9.17) is 0 Å². The maximum absolute atomic E-state index is 13.1. The number of sulfonamides is 1. The molecule has 2 aromatic rings. The molecular formula is C22H23NO2S. The third-order valence-corrected chi connectivity index (χ3v) is 7.12. The molecule has 0 bridgehead atoms. The molecule has 26 heavy (non-hydrogen) atoms. The molecule has 1 heterocycles. The molecule has 3 nitrogen and oxygen atoms in total. The normalized spacial score (nSPS) is 20.9.